The molecule has 0 radical (unpaired) electrons. The Morgan fingerprint density at radius 2 is 2.05 bits per heavy atom. The van der Waals surface area contributed by atoms with Gasteiger partial charge in [0.1, 0.15) is 17.6 Å². The van der Waals surface area contributed by atoms with Crippen molar-refractivity contribution in [3.63, 3.8) is 0 Å². The van der Waals surface area contributed by atoms with Crippen LogP contribution in [0.5, 0.6) is 5.75 Å². The first kappa shape index (κ1) is 16.2. The fourth-order valence-electron chi connectivity index (χ4n) is 1.54. The Balaban J connectivity index is 2.95. The average Bonchev–Trinajstić information content (AvgIpc) is 2.39. The van der Waals surface area contributed by atoms with E-state index in [2.05, 4.69) is 4.99 Å². The van der Waals surface area contributed by atoms with E-state index in [0.717, 1.165) is 0 Å². The van der Waals surface area contributed by atoms with Gasteiger partial charge in [0.25, 0.3) is 0 Å². The molecule has 0 bridgehead atoms. The summed E-state index contributed by atoms with van der Waals surface area (Å²) in [5.74, 6) is -2.12. The van der Waals surface area contributed by atoms with Gasteiger partial charge >= 0.3 is 5.97 Å². The van der Waals surface area contributed by atoms with Crippen molar-refractivity contribution in [2.24, 2.45) is 16.5 Å². The molecule has 1 atom stereocenters. The summed E-state index contributed by atoms with van der Waals surface area (Å²) in [6.07, 6.45) is 1.03. The number of carbonyl (C=O) groups excluding carboxylic acids is 1. The maximum absolute atomic E-state index is 11.0. The van der Waals surface area contributed by atoms with E-state index >= 15 is 0 Å². The quantitative estimate of drug-likeness (QED) is 0.347. The number of primary amides is 1. The number of nitrogen functional groups attached to an aromatic ring is 1. The van der Waals surface area contributed by atoms with E-state index in [-0.39, 0.29) is 30.0 Å². The number of aliphatic carboxylic acids is 1. The average molecular weight is 292 g/mol. The number of carbonyl (C=O) groups is 2. The molecule has 0 aliphatic rings. The summed E-state index contributed by atoms with van der Waals surface area (Å²) in [4.78, 5) is 25.5. The molecule has 0 saturated carbocycles. The number of aliphatic imine (C=N–C) groups is 1. The lowest BCUT2D eigenvalue weighted by molar-refractivity contribution is -0.138. The number of amides is 1. The molecular weight excluding hydrogens is 276 g/mol. The van der Waals surface area contributed by atoms with Crippen LogP contribution in [0.4, 0.5) is 0 Å². The van der Waals surface area contributed by atoms with E-state index in [1.54, 1.807) is 0 Å². The van der Waals surface area contributed by atoms with Crippen LogP contribution in [0.1, 0.15) is 24.0 Å². The van der Waals surface area contributed by atoms with Gasteiger partial charge < -0.3 is 21.7 Å². The highest BCUT2D eigenvalue weighted by molar-refractivity contribution is 5.97. The number of aromatic hydroxyl groups is 1. The Morgan fingerprint density at radius 1 is 1.38 bits per heavy atom. The monoisotopic (exact) mass is 292 g/mol. The third kappa shape index (κ3) is 4.94. The van der Waals surface area contributed by atoms with Crippen molar-refractivity contribution in [2.75, 3.05) is 0 Å². The van der Waals surface area contributed by atoms with E-state index in [0.29, 0.717) is 5.56 Å². The second-order valence-electron chi connectivity index (χ2n) is 4.32. The molecule has 0 spiro atoms. The van der Waals surface area contributed by atoms with Gasteiger partial charge in [-0.15, -0.1) is 0 Å². The first-order chi connectivity index (χ1) is 9.81. The molecule has 0 heterocycles. The van der Waals surface area contributed by atoms with Gasteiger partial charge in [0, 0.05) is 23.8 Å². The lowest BCUT2D eigenvalue weighted by Crippen LogP contribution is -2.21. The third-order valence-electron chi connectivity index (χ3n) is 2.68. The molecule has 21 heavy (non-hydrogen) atoms. The van der Waals surface area contributed by atoms with Gasteiger partial charge in [0.2, 0.25) is 5.91 Å². The predicted octanol–water partition coefficient (Wildman–Crippen LogP) is -0.186. The molecule has 0 aliphatic heterocycles. The van der Waals surface area contributed by atoms with E-state index in [4.69, 9.17) is 22.0 Å². The van der Waals surface area contributed by atoms with E-state index in [9.17, 15) is 14.7 Å². The molecule has 0 fully saturated rings. The van der Waals surface area contributed by atoms with Crippen LogP contribution < -0.4 is 11.5 Å². The summed E-state index contributed by atoms with van der Waals surface area (Å²) < 4.78 is 0. The van der Waals surface area contributed by atoms with Crippen LogP contribution in [-0.2, 0) is 9.59 Å². The predicted molar refractivity (Wildman–Crippen MR) is 76.6 cm³/mol. The van der Waals surface area contributed by atoms with Crippen LogP contribution >= 0.6 is 0 Å². The molecule has 0 unspecified atom stereocenters. The summed E-state index contributed by atoms with van der Waals surface area (Å²) in [6.45, 7) is 0. The Labute approximate surface area is 120 Å². The van der Waals surface area contributed by atoms with Crippen molar-refractivity contribution in [1.29, 1.82) is 5.41 Å². The molecule has 0 aromatic heterocycles. The fraction of sp³-hybridized carbons (Fsp3) is 0.231. The van der Waals surface area contributed by atoms with Crippen LogP contribution in [-0.4, -0.2) is 40.2 Å². The second kappa shape index (κ2) is 7.04. The number of carboxylic acid groups (broad SMARTS) is 1. The second-order valence-corrected chi connectivity index (χ2v) is 4.32. The molecule has 7 N–H and O–H groups in total. The summed E-state index contributed by atoms with van der Waals surface area (Å²) >= 11 is 0. The molecule has 0 saturated heterocycles. The number of phenols is 1. The van der Waals surface area contributed by atoms with Gasteiger partial charge in [0.15, 0.2) is 0 Å². The van der Waals surface area contributed by atoms with Crippen molar-refractivity contribution < 1.29 is 19.8 Å². The van der Waals surface area contributed by atoms with Gasteiger partial charge in [-0.3, -0.25) is 15.2 Å². The molecule has 1 amide bonds. The van der Waals surface area contributed by atoms with Gasteiger partial charge in [-0.05, 0) is 24.6 Å². The number of hydrogen-bond acceptors (Lipinski definition) is 5. The third-order valence-corrected chi connectivity index (χ3v) is 2.68. The van der Waals surface area contributed by atoms with Crippen molar-refractivity contribution in [3.05, 3.63) is 29.3 Å². The number of rotatable bonds is 7. The zero-order valence-corrected chi connectivity index (χ0v) is 11.1. The SMILES string of the molecule is N=C(N)c1ccc(O)c(C=N[C@@H](CCC(N)=O)C(=O)O)c1. The summed E-state index contributed by atoms with van der Waals surface area (Å²) in [6, 6.07) is 3.06. The van der Waals surface area contributed by atoms with Crippen molar-refractivity contribution >= 4 is 23.9 Å². The number of carboxylic acids is 1. The molecule has 112 valence electrons. The largest absolute Gasteiger partial charge is 0.507 e. The van der Waals surface area contributed by atoms with E-state index in [1.165, 1.54) is 24.4 Å². The number of nitrogens with zero attached hydrogens (tertiary/aromatic N) is 1. The first-order valence-electron chi connectivity index (χ1n) is 6.03. The summed E-state index contributed by atoms with van der Waals surface area (Å²) in [5, 5.41) is 26.0. The topological polar surface area (TPSA) is 163 Å². The summed E-state index contributed by atoms with van der Waals surface area (Å²) in [7, 11) is 0. The molecule has 8 heteroatoms. The van der Waals surface area contributed by atoms with Crippen molar-refractivity contribution in [2.45, 2.75) is 18.9 Å². The number of nitrogens with one attached hydrogen (secondary N) is 1. The van der Waals surface area contributed by atoms with E-state index in [1.807, 2.05) is 0 Å². The zero-order chi connectivity index (χ0) is 16.0. The Bertz CT molecular complexity index is 598. The zero-order valence-electron chi connectivity index (χ0n) is 11.1. The minimum atomic E-state index is -1.20. The van der Waals surface area contributed by atoms with E-state index < -0.39 is 17.9 Å². The van der Waals surface area contributed by atoms with Crippen molar-refractivity contribution in [3.8, 4) is 5.75 Å². The van der Waals surface area contributed by atoms with Gasteiger partial charge in [-0.25, -0.2) is 4.79 Å². The van der Waals surface area contributed by atoms with Crippen LogP contribution in [0.15, 0.2) is 23.2 Å². The maximum Gasteiger partial charge on any atom is 0.328 e. The first-order valence-corrected chi connectivity index (χ1v) is 6.03. The van der Waals surface area contributed by atoms with Gasteiger partial charge in [0.05, 0.1) is 0 Å². The van der Waals surface area contributed by atoms with Crippen LogP contribution in [0, 0.1) is 5.41 Å². The van der Waals surface area contributed by atoms with Gasteiger partial charge in [-0.2, -0.15) is 0 Å². The normalized spacial score (nSPS) is 12.2. The highest BCUT2D eigenvalue weighted by atomic mass is 16.4. The molecular formula is C13H16N4O4. The minimum Gasteiger partial charge on any atom is -0.507 e. The Kier molecular flexibility index (Phi) is 5.41. The molecule has 8 nitrogen and oxygen atoms in total. The standard InChI is InChI=1S/C13H16N4O4/c14-11(19)4-2-9(13(20)21)17-6-8-5-7(12(15)16)1-3-10(8)18/h1,3,5-6,9,18H,2,4H2,(H2,14,19)(H3,15,16)(H,20,21)/t9-/m0/s1. The number of nitrogens with two attached hydrogens (primary N) is 2. The smallest absolute Gasteiger partial charge is 0.328 e. The molecule has 1 aromatic carbocycles. The lowest BCUT2D eigenvalue weighted by Gasteiger charge is -2.07. The number of benzene rings is 1. The highest BCUT2D eigenvalue weighted by Crippen LogP contribution is 2.17. The summed E-state index contributed by atoms with van der Waals surface area (Å²) in [5.41, 5.74) is 10.9. The minimum absolute atomic E-state index is 0.0334. The molecule has 0 aliphatic carbocycles. The highest BCUT2D eigenvalue weighted by Gasteiger charge is 2.16. The maximum atomic E-state index is 11.0. The van der Waals surface area contributed by atoms with Gasteiger partial charge in [-0.1, -0.05) is 0 Å². The van der Waals surface area contributed by atoms with Crippen LogP contribution in [0.3, 0.4) is 0 Å². The lowest BCUT2D eigenvalue weighted by atomic mass is 10.1. The molecule has 1 rings (SSSR count). The van der Waals surface area contributed by atoms with Crippen LogP contribution in [0.25, 0.3) is 0 Å². The molecule has 1 aromatic rings. The number of amidine groups is 1. The van der Waals surface area contributed by atoms with Crippen molar-refractivity contribution in [1.82, 2.24) is 0 Å². The Morgan fingerprint density at radius 3 is 2.57 bits per heavy atom. The number of phenolic OH excluding ortho intramolecular Hbond substituents is 1. The number of hydrogen-bond donors (Lipinski definition) is 5. The Hall–Kier alpha value is -2.90. The fourth-order valence-corrected chi connectivity index (χ4v) is 1.54. The van der Waals surface area contributed by atoms with Crippen LogP contribution in [0.2, 0.25) is 0 Å².